The highest BCUT2D eigenvalue weighted by Crippen LogP contribution is 2.25. The molecule has 0 aromatic rings. The first-order chi connectivity index (χ1) is 7.06. The minimum atomic E-state index is -0.0622. The van der Waals surface area contributed by atoms with Crippen molar-refractivity contribution in [1.82, 2.24) is 5.32 Å². The van der Waals surface area contributed by atoms with E-state index in [0.717, 1.165) is 19.4 Å². The quantitative estimate of drug-likeness (QED) is 0.656. The van der Waals surface area contributed by atoms with Gasteiger partial charge in [0.25, 0.3) is 0 Å². The lowest BCUT2D eigenvalue weighted by molar-refractivity contribution is -0.0349. The summed E-state index contributed by atoms with van der Waals surface area (Å²) in [5.41, 5.74) is 1.28. The Balaban J connectivity index is 4.90. The van der Waals surface area contributed by atoms with E-state index in [0.29, 0.717) is 6.04 Å². The predicted octanol–water partition coefficient (Wildman–Crippen LogP) is 3.14. The summed E-state index contributed by atoms with van der Waals surface area (Å²) in [7, 11) is 1.82. The van der Waals surface area contributed by atoms with Gasteiger partial charge in [-0.3, -0.25) is 0 Å². The fraction of sp³-hybridized carbons (Fsp3) is 0.846. The Morgan fingerprint density at radius 2 is 1.80 bits per heavy atom. The molecule has 0 bridgehead atoms. The molecule has 0 aromatic heterocycles. The Morgan fingerprint density at radius 3 is 2.07 bits per heavy atom. The molecule has 2 heteroatoms. The van der Waals surface area contributed by atoms with E-state index >= 15 is 0 Å². The number of allylic oxidation sites excluding steroid dienone is 1. The van der Waals surface area contributed by atoms with Gasteiger partial charge in [-0.1, -0.05) is 32.4 Å². The summed E-state index contributed by atoms with van der Waals surface area (Å²) in [6.45, 7) is 11.8. The fourth-order valence-corrected chi connectivity index (χ4v) is 2.06. The van der Waals surface area contributed by atoms with Crippen molar-refractivity contribution in [3.05, 3.63) is 11.6 Å². The van der Waals surface area contributed by atoms with Gasteiger partial charge in [0.1, 0.15) is 0 Å². The lowest BCUT2D eigenvalue weighted by atomic mass is 9.87. The largest absolute Gasteiger partial charge is 0.376 e. The molecule has 0 saturated carbocycles. The van der Waals surface area contributed by atoms with E-state index in [1.165, 1.54) is 5.57 Å². The van der Waals surface area contributed by atoms with Crippen molar-refractivity contribution < 1.29 is 4.74 Å². The van der Waals surface area contributed by atoms with Crippen LogP contribution in [0, 0.1) is 0 Å². The summed E-state index contributed by atoms with van der Waals surface area (Å²) in [6.07, 6.45) is 4.34. The first-order valence-electron chi connectivity index (χ1n) is 5.99. The van der Waals surface area contributed by atoms with E-state index in [1.807, 2.05) is 7.11 Å². The molecule has 1 atom stereocenters. The van der Waals surface area contributed by atoms with Gasteiger partial charge in [-0.25, -0.2) is 0 Å². The predicted molar refractivity (Wildman–Crippen MR) is 67.2 cm³/mol. The lowest BCUT2D eigenvalue weighted by Crippen LogP contribution is -2.50. The van der Waals surface area contributed by atoms with Crippen molar-refractivity contribution >= 4 is 0 Å². The van der Waals surface area contributed by atoms with Gasteiger partial charge in [0, 0.05) is 7.11 Å². The van der Waals surface area contributed by atoms with Crippen LogP contribution in [-0.4, -0.2) is 25.3 Å². The number of nitrogens with one attached hydrogen (secondary N) is 1. The fourth-order valence-electron chi connectivity index (χ4n) is 2.06. The third-order valence-corrected chi connectivity index (χ3v) is 3.09. The monoisotopic (exact) mass is 213 g/mol. The highest BCUT2D eigenvalue weighted by molar-refractivity contribution is 5.09. The van der Waals surface area contributed by atoms with Crippen LogP contribution in [0.2, 0.25) is 0 Å². The molecule has 15 heavy (non-hydrogen) atoms. The van der Waals surface area contributed by atoms with Gasteiger partial charge < -0.3 is 10.1 Å². The SMILES string of the molecule is CCNC(C=C(C)C)C(CC)(CC)OC. The zero-order valence-electron chi connectivity index (χ0n) is 11.2. The smallest absolute Gasteiger partial charge is 0.0861 e. The Morgan fingerprint density at radius 1 is 1.27 bits per heavy atom. The maximum Gasteiger partial charge on any atom is 0.0861 e. The molecule has 0 aliphatic rings. The molecule has 0 radical (unpaired) electrons. The Bertz CT molecular complexity index is 182. The zero-order chi connectivity index (χ0) is 11.9. The average molecular weight is 213 g/mol. The lowest BCUT2D eigenvalue weighted by Gasteiger charge is -2.37. The molecule has 1 N–H and O–H groups in total. The molecule has 0 amide bonds. The van der Waals surface area contributed by atoms with Crippen molar-refractivity contribution in [2.45, 2.75) is 59.1 Å². The van der Waals surface area contributed by atoms with Gasteiger partial charge in [0.2, 0.25) is 0 Å². The van der Waals surface area contributed by atoms with Crippen molar-refractivity contribution in [2.75, 3.05) is 13.7 Å². The van der Waals surface area contributed by atoms with Crippen molar-refractivity contribution in [1.29, 1.82) is 0 Å². The number of likely N-dealkylation sites (N-methyl/N-ethyl adjacent to an activating group) is 1. The molecule has 2 nitrogen and oxygen atoms in total. The van der Waals surface area contributed by atoms with Crippen molar-refractivity contribution in [3.8, 4) is 0 Å². The minimum absolute atomic E-state index is 0.0622. The van der Waals surface area contributed by atoms with E-state index in [1.54, 1.807) is 0 Å². The second-order valence-corrected chi connectivity index (χ2v) is 4.26. The van der Waals surface area contributed by atoms with Gasteiger partial charge in [0.05, 0.1) is 11.6 Å². The zero-order valence-corrected chi connectivity index (χ0v) is 11.2. The summed E-state index contributed by atoms with van der Waals surface area (Å²) in [5.74, 6) is 0. The number of hydrogen-bond acceptors (Lipinski definition) is 2. The summed E-state index contributed by atoms with van der Waals surface area (Å²) in [5, 5.41) is 3.51. The molecule has 1 unspecified atom stereocenters. The van der Waals surface area contributed by atoms with E-state index in [2.05, 4.69) is 46.0 Å². The van der Waals surface area contributed by atoms with Crippen LogP contribution in [0.15, 0.2) is 11.6 Å². The van der Waals surface area contributed by atoms with Gasteiger partial charge in [0.15, 0.2) is 0 Å². The van der Waals surface area contributed by atoms with Crippen LogP contribution in [-0.2, 0) is 4.74 Å². The van der Waals surface area contributed by atoms with Crippen LogP contribution in [0.5, 0.6) is 0 Å². The number of methoxy groups -OCH3 is 1. The van der Waals surface area contributed by atoms with Crippen LogP contribution < -0.4 is 5.32 Å². The normalized spacial score (nSPS) is 13.7. The van der Waals surface area contributed by atoms with E-state index < -0.39 is 0 Å². The molecule has 0 aliphatic carbocycles. The van der Waals surface area contributed by atoms with Gasteiger partial charge in [-0.2, -0.15) is 0 Å². The van der Waals surface area contributed by atoms with Crippen LogP contribution in [0.3, 0.4) is 0 Å². The van der Waals surface area contributed by atoms with Crippen LogP contribution >= 0.6 is 0 Å². The van der Waals surface area contributed by atoms with Crippen LogP contribution in [0.25, 0.3) is 0 Å². The highest BCUT2D eigenvalue weighted by atomic mass is 16.5. The summed E-state index contributed by atoms with van der Waals surface area (Å²) in [6, 6.07) is 0.312. The molecule has 0 saturated heterocycles. The first-order valence-corrected chi connectivity index (χ1v) is 5.99. The van der Waals surface area contributed by atoms with Gasteiger partial charge in [-0.15, -0.1) is 0 Å². The Hall–Kier alpha value is -0.340. The number of ether oxygens (including phenoxy) is 1. The maximum absolute atomic E-state index is 5.74. The van der Waals surface area contributed by atoms with Gasteiger partial charge in [-0.05, 0) is 33.2 Å². The highest BCUT2D eigenvalue weighted by Gasteiger charge is 2.33. The molecular weight excluding hydrogens is 186 g/mol. The third-order valence-electron chi connectivity index (χ3n) is 3.09. The van der Waals surface area contributed by atoms with E-state index in [4.69, 9.17) is 4.74 Å². The molecule has 0 heterocycles. The minimum Gasteiger partial charge on any atom is -0.376 e. The van der Waals surface area contributed by atoms with Crippen molar-refractivity contribution in [3.63, 3.8) is 0 Å². The standard InChI is InChI=1S/C13H27NO/c1-7-13(8-2,15-6)12(14-9-3)10-11(4)5/h10,12,14H,7-9H2,1-6H3. The van der Waals surface area contributed by atoms with Crippen LogP contribution in [0.4, 0.5) is 0 Å². The van der Waals surface area contributed by atoms with Gasteiger partial charge >= 0.3 is 0 Å². The molecule has 0 fully saturated rings. The maximum atomic E-state index is 5.74. The summed E-state index contributed by atoms with van der Waals surface area (Å²) >= 11 is 0. The molecule has 0 aromatic carbocycles. The molecule has 0 rings (SSSR count). The summed E-state index contributed by atoms with van der Waals surface area (Å²) < 4.78 is 5.74. The van der Waals surface area contributed by atoms with Crippen LogP contribution in [0.1, 0.15) is 47.5 Å². The van der Waals surface area contributed by atoms with Crippen molar-refractivity contribution in [2.24, 2.45) is 0 Å². The Kier molecular flexibility index (Phi) is 6.86. The molecule has 90 valence electrons. The second-order valence-electron chi connectivity index (χ2n) is 4.26. The Labute approximate surface area is 95.1 Å². The summed E-state index contributed by atoms with van der Waals surface area (Å²) in [4.78, 5) is 0. The molecule has 0 spiro atoms. The number of rotatable bonds is 7. The topological polar surface area (TPSA) is 21.3 Å². The molecule has 0 aliphatic heterocycles. The molecular formula is C13H27NO. The third kappa shape index (κ3) is 3.96. The average Bonchev–Trinajstić information content (AvgIpc) is 2.21. The van der Waals surface area contributed by atoms with E-state index in [-0.39, 0.29) is 5.60 Å². The van der Waals surface area contributed by atoms with E-state index in [9.17, 15) is 0 Å². The second kappa shape index (κ2) is 7.02. The first kappa shape index (κ1) is 14.7. The number of hydrogen-bond donors (Lipinski definition) is 1.